The van der Waals surface area contributed by atoms with E-state index in [0.29, 0.717) is 5.92 Å². The number of fused-ring (bicyclic) bond motifs is 7. The molecule has 0 amide bonds. The minimum atomic E-state index is 0.205. The van der Waals surface area contributed by atoms with Gasteiger partial charge in [-0.05, 0) is 42.5 Å². The molecule has 4 heteroatoms. The van der Waals surface area contributed by atoms with Crippen molar-refractivity contribution in [2.45, 2.75) is 38.1 Å². The molecule has 7 rings (SSSR count). The molecule has 2 aromatic rings. The fourth-order valence-electron chi connectivity index (χ4n) is 5.92. The lowest BCUT2D eigenvalue weighted by Crippen LogP contribution is -2.34. The second kappa shape index (κ2) is 7.24. The Bertz CT molecular complexity index is 1330. The fraction of sp³-hybridized carbons (Fsp3) is 0.276. The van der Waals surface area contributed by atoms with Gasteiger partial charge in [-0.1, -0.05) is 55.5 Å². The zero-order chi connectivity index (χ0) is 21.9. The van der Waals surface area contributed by atoms with Crippen LogP contribution in [0, 0.1) is 5.92 Å². The highest BCUT2D eigenvalue weighted by molar-refractivity contribution is 6.01. The monoisotopic (exact) mass is 433 g/mol. The van der Waals surface area contributed by atoms with Gasteiger partial charge in [-0.25, -0.2) is 4.99 Å². The molecule has 0 spiro atoms. The number of allylic oxidation sites excluding steroid dienone is 5. The predicted octanol–water partition coefficient (Wildman–Crippen LogP) is 5.93. The number of amidine groups is 1. The number of nitrogens with zero attached hydrogens (tertiary/aromatic N) is 2. The zero-order valence-corrected chi connectivity index (χ0v) is 18.8. The Hall–Kier alpha value is -3.53. The molecule has 0 bridgehead atoms. The predicted molar refractivity (Wildman–Crippen MR) is 134 cm³/mol. The van der Waals surface area contributed by atoms with Crippen molar-refractivity contribution < 1.29 is 4.42 Å². The maximum atomic E-state index is 6.64. The normalized spacial score (nSPS) is 26.2. The summed E-state index contributed by atoms with van der Waals surface area (Å²) in [5.41, 5.74) is 7.68. The Morgan fingerprint density at radius 1 is 1.12 bits per heavy atom. The highest BCUT2D eigenvalue weighted by Gasteiger charge is 2.45. The SMILES string of the molecule is CC1C=Cc2c(oc3c2C=CC2C3c3ccc(C4=NC=CCN4)cc3N2C2=CC=CCC2)C1. The third-order valence-corrected chi connectivity index (χ3v) is 7.47. The van der Waals surface area contributed by atoms with Crippen molar-refractivity contribution in [2.24, 2.45) is 10.9 Å². The number of anilines is 1. The van der Waals surface area contributed by atoms with Crippen LogP contribution in [0.5, 0.6) is 0 Å². The number of rotatable bonds is 2. The molecule has 0 fully saturated rings. The summed E-state index contributed by atoms with van der Waals surface area (Å²) >= 11 is 0. The zero-order valence-electron chi connectivity index (χ0n) is 18.8. The Morgan fingerprint density at radius 3 is 2.91 bits per heavy atom. The van der Waals surface area contributed by atoms with E-state index in [1.54, 1.807) is 0 Å². The highest BCUT2D eigenvalue weighted by atomic mass is 16.3. The lowest BCUT2D eigenvalue weighted by molar-refractivity contribution is 0.424. The smallest absolute Gasteiger partial charge is 0.133 e. The Morgan fingerprint density at radius 2 is 2.06 bits per heavy atom. The quantitative estimate of drug-likeness (QED) is 0.638. The Kier molecular flexibility index (Phi) is 4.17. The third-order valence-electron chi connectivity index (χ3n) is 7.47. The van der Waals surface area contributed by atoms with Crippen molar-refractivity contribution in [2.75, 3.05) is 11.4 Å². The topological polar surface area (TPSA) is 40.8 Å². The average molecular weight is 434 g/mol. The summed E-state index contributed by atoms with van der Waals surface area (Å²) in [5.74, 6) is 3.94. The molecule has 2 aliphatic heterocycles. The first-order valence-corrected chi connectivity index (χ1v) is 12.1. The van der Waals surface area contributed by atoms with Crippen molar-refractivity contribution in [1.29, 1.82) is 0 Å². The van der Waals surface area contributed by atoms with Crippen molar-refractivity contribution >= 4 is 23.7 Å². The summed E-state index contributed by atoms with van der Waals surface area (Å²) in [6, 6.07) is 7.06. The van der Waals surface area contributed by atoms with Gasteiger partial charge in [-0.2, -0.15) is 0 Å². The van der Waals surface area contributed by atoms with Crippen LogP contribution in [-0.4, -0.2) is 18.4 Å². The van der Waals surface area contributed by atoms with Gasteiger partial charge in [-0.3, -0.25) is 0 Å². The third kappa shape index (κ3) is 2.86. The molecule has 0 saturated carbocycles. The van der Waals surface area contributed by atoms with Gasteiger partial charge in [0.1, 0.15) is 17.4 Å². The van der Waals surface area contributed by atoms with Crippen molar-refractivity contribution in [3.8, 4) is 0 Å². The molecular formula is C29H27N3O. The van der Waals surface area contributed by atoms with Crippen molar-refractivity contribution in [1.82, 2.24) is 5.32 Å². The van der Waals surface area contributed by atoms with Crippen LogP contribution in [0.2, 0.25) is 0 Å². The molecule has 1 aromatic heterocycles. The summed E-state index contributed by atoms with van der Waals surface area (Å²) in [6.45, 7) is 3.07. The highest BCUT2D eigenvalue weighted by Crippen LogP contribution is 2.52. The molecular weight excluding hydrogens is 406 g/mol. The van der Waals surface area contributed by atoms with E-state index in [1.165, 1.54) is 28.1 Å². The van der Waals surface area contributed by atoms with E-state index in [2.05, 4.69) is 82.9 Å². The van der Waals surface area contributed by atoms with Crippen LogP contribution in [-0.2, 0) is 6.42 Å². The summed E-state index contributed by atoms with van der Waals surface area (Å²) in [4.78, 5) is 7.13. The van der Waals surface area contributed by atoms with E-state index in [0.717, 1.165) is 48.7 Å². The molecule has 164 valence electrons. The van der Waals surface area contributed by atoms with Crippen LogP contribution in [0.3, 0.4) is 0 Å². The summed E-state index contributed by atoms with van der Waals surface area (Å²) < 4.78 is 6.64. The second-order valence-electron chi connectivity index (χ2n) is 9.60. The number of hydrogen-bond acceptors (Lipinski definition) is 4. The van der Waals surface area contributed by atoms with Crippen molar-refractivity contribution in [3.63, 3.8) is 0 Å². The van der Waals surface area contributed by atoms with Crippen LogP contribution in [0.1, 0.15) is 59.5 Å². The first-order chi connectivity index (χ1) is 16.3. The van der Waals surface area contributed by atoms with E-state index in [-0.39, 0.29) is 12.0 Å². The number of aliphatic imine (C=N–C) groups is 1. The fourth-order valence-corrected chi connectivity index (χ4v) is 5.92. The molecule has 3 unspecified atom stereocenters. The summed E-state index contributed by atoms with van der Waals surface area (Å²) in [7, 11) is 0. The maximum absolute atomic E-state index is 6.64. The maximum Gasteiger partial charge on any atom is 0.133 e. The van der Waals surface area contributed by atoms with Gasteiger partial charge in [-0.15, -0.1) is 0 Å². The Labute approximate surface area is 194 Å². The van der Waals surface area contributed by atoms with Crippen LogP contribution in [0.15, 0.2) is 76.0 Å². The molecule has 33 heavy (non-hydrogen) atoms. The first kappa shape index (κ1) is 19.0. The molecule has 1 aromatic carbocycles. The van der Waals surface area contributed by atoms with Crippen LogP contribution >= 0.6 is 0 Å². The van der Waals surface area contributed by atoms with E-state index >= 15 is 0 Å². The van der Waals surface area contributed by atoms with Gasteiger partial charge in [0.15, 0.2) is 0 Å². The molecule has 4 nitrogen and oxygen atoms in total. The van der Waals surface area contributed by atoms with E-state index < -0.39 is 0 Å². The van der Waals surface area contributed by atoms with Gasteiger partial charge in [0.2, 0.25) is 0 Å². The van der Waals surface area contributed by atoms with Gasteiger partial charge in [0.25, 0.3) is 0 Å². The number of furan rings is 1. The summed E-state index contributed by atoms with van der Waals surface area (Å²) in [5, 5.41) is 3.42. The average Bonchev–Trinajstić information content (AvgIpc) is 3.39. The van der Waals surface area contributed by atoms with Gasteiger partial charge >= 0.3 is 0 Å². The molecule has 3 aliphatic carbocycles. The Balaban J connectivity index is 1.40. The molecule has 3 atom stereocenters. The largest absolute Gasteiger partial charge is 0.464 e. The van der Waals surface area contributed by atoms with Gasteiger partial charge in [0.05, 0.1) is 12.0 Å². The number of hydrogen-bond donors (Lipinski definition) is 1. The van der Waals surface area contributed by atoms with Crippen LogP contribution in [0.25, 0.3) is 12.2 Å². The number of nitrogens with one attached hydrogen (secondary N) is 1. The van der Waals surface area contributed by atoms with E-state index in [4.69, 9.17) is 4.42 Å². The van der Waals surface area contributed by atoms with Gasteiger partial charge < -0.3 is 14.6 Å². The second-order valence-corrected chi connectivity index (χ2v) is 9.60. The first-order valence-electron chi connectivity index (χ1n) is 12.1. The minimum absolute atomic E-state index is 0.205. The van der Waals surface area contributed by atoms with Gasteiger partial charge in [0, 0.05) is 47.2 Å². The molecule has 3 heterocycles. The molecule has 1 N–H and O–H groups in total. The molecule has 5 aliphatic rings. The molecule has 0 saturated heterocycles. The van der Waals surface area contributed by atoms with E-state index in [1.807, 2.05) is 12.3 Å². The lowest BCUT2D eigenvalue weighted by atomic mass is 9.84. The van der Waals surface area contributed by atoms with E-state index in [9.17, 15) is 0 Å². The van der Waals surface area contributed by atoms with Crippen molar-refractivity contribution in [3.05, 3.63) is 100 Å². The number of benzene rings is 1. The minimum Gasteiger partial charge on any atom is -0.464 e. The molecule has 0 radical (unpaired) electrons. The van der Waals surface area contributed by atoms with Crippen LogP contribution < -0.4 is 10.2 Å². The lowest BCUT2D eigenvalue weighted by Gasteiger charge is -2.32. The summed E-state index contributed by atoms with van der Waals surface area (Å²) in [6.07, 6.45) is 23.1. The van der Waals surface area contributed by atoms with Crippen LogP contribution in [0.4, 0.5) is 5.69 Å². The standard InChI is InChI=1S/C29H27N3O/c1-18-8-10-21-22-12-13-24-27(28(22)33-26(21)16-18)23-11-9-19(29-30-14-5-15-31-29)17-25(23)32(24)20-6-3-2-4-7-20/h2-3,5-6,8-14,17-18,24,27H,4,7,15-16H2,1H3,(H,30,31).